The van der Waals surface area contributed by atoms with Gasteiger partial charge >= 0.3 is 0 Å². The molecule has 0 saturated heterocycles. The summed E-state index contributed by atoms with van der Waals surface area (Å²) in [6, 6.07) is 181. The van der Waals surface area contributed by atoms with Gasteiger partial charge in [0, 0.05) is 172 Å². The van der Waals surface area contributed by atoms with Crippen LogP contribution in [0.25, 0.3) is 272 Å². The Hall–Kier alpha value is -19.3. The zero-order valence-electron chi connectivity index (χ0n) is 79.7. The van der Waals surface area contributed by atoms with Gasteiger partial charge in [-0.05, 0) is 152 Å². The molecule has 33 rings (SSSR count). The fourth-order valence-electron chi connectivity index (χ4n) is 22.7. The minimum Gasteiger partial charge on any atom is -0.456 e. The lowest BCUT2D eigenvalue weighted by Crippen LogP contribution is -2.07. The first-order valence-corrected chi connectivity index (χ1v) is 51.6. The van der Waals surface area contributed by atoms with E-state index in [0.29, 0.717) is 17.6 Å². The molecule has 11 nitrogen and oxygen atoms in total. The maximum absolute atomic E-state index is 6.13. The summed E-state index contributed by atoms with van der Waals surface area (Å²) < 4.78 is 31.7. The molecule has 13 heteroatoms. The topological polar surface area (TPSA) is 94.5 Å². The van der Waals surface area contributed by atoms with Crippen LogP contribution < -0.4 is 0 Å². The number of rotatable bonds is 8. The second-order valence-corrected chi connectivity index (χ2v) is 39.6. The largest absolute Gasteiger partial charge is 0.456 e. The second kappa shape index (κ2) is 35.4. The lowest BCUT2D eigenvalue weighted by Gasteiger charge is -2.13. The van der Waals surface area contributed by atoms with E-state index in [9.17, 15) is 0 Å². The molecule has 0 aliphatic rings. The molecular weight excluding hydrogens is 1840 g/mol. The average Bonchev–Trinajstić information content (AvgIpc) is 1.56. The van der Waals surface area contributed by atoms with Crippen LogP contribution in [-0.4, -0.2) is 42.4 Å². The fraction of sp³-hybridized carbons (Fsp3) is 0. The molecule has 0 bridgehead atoms. The maximum atomic E-state index is 6.13. The van der Waals surface area contributed by atoms with Crippen LogP contribution in [0.5, 0.6) is 0 Å². The van der Waals surface area contributed by atoms with Gasteiger partial charge < -0.3 is 31.7 Å². The van der Waals surface area contributed by atoms with Crippen molar-refractivity contribution in [2.45, 2.75) is 0 Å². The molecule has 0 unspecified atom stereocenters. The van der Waals surface area contributed by atoms with Crippen molar-refractivity contribution in [3.8, 4) is 57.2 Å². The predicted molar refractivity (Wildman–Crippen MR) is 623 cm³/mol. The highest BCUT2D eigenvalue weighted by Crippen LogP contribution is 2.49. The van der Waals surface area contributed by atoms with E-state index < -0.39 is 0 Å². The van der Waals surface area contributed by atoms with Crippen LogP contribution >= 0.6 is 22.7 Å². The number of para-hydroxylation sites is 13. The van der Waals surface area contributed by atoms with Gasteiger partial charge in [-0.2, -0.15) is 9.97 Å². The quantitative estimate of drug-likeness (QED) is 0.151. The Morgan fingerprint density at radius 2 is 0.486 bits per heavy atom. The first-order chi connectivity index (χ1) is 73.5. The van der Waals surface area contributed by atoms with Crippen LogP contribution in [0, 0.1) is 0 Å². The molecule has 0 amide bonds. The Balaban J connectivity index is 0.0000000890. The molecule has 0 spiro atoms. The molecule has 694 valence electrons. The molecule has 33 aromatic rings. The third kappa shape index (κ3) is 14.0. The third-order valence-electron chi connectivity index (χ3n) is 29.1. The molecule has 11 aromatic heterocycles. The monoisotopic (exact) mass is 1930 g/mol. The van der Waals surface area contributed by atoms with E-state index in [1.165, 1.54) is 166 Å². The van der Waals surface area contributed by atoms with Gasteiger partial charge in [0.15, 0.2) is 11.6 Å². The lowest BCUT2D eigenvalue weighted by atomic mass is 10.1. The Morgan fingerprint density at radius 3 is 0.980 bits per heavy atom. The minimum absolute atomic E-state index is 0.585. The molecule has 0 aliphatic carbocycles. The highest BCUT2D eigenvalue weighted by Gasteiger charge is 2.27. The summed E-state index contributed by atoms with van der Waals surface area (Å²) in [6.45, 7) is 0. The molecule has 22 aromatic carbocycles. The SMILES string of the molecule is c1ccc(-c2nc(-c3ccccc3)nc(-n3c4ccccc4c4ccc5c6ccccc6n(-c6ccccc6)c5c43)n2)cc1.c1ccc(-n2c3ccccc3c3c4sc5ccccc5c4ccc32)cc1.c1ccc(-n2c3ccccc3c3cc4c(cc32)oc2ccccc24)cc1.c1ccc(-n2c3ccccc3c3cc4oc5ccccc5c4cc32)cc1.c1ccc(-n2c3ccccc3c3ccc4sc5ccccc5c4c32)cc1. The van der Waals surface area contributed by atoms with Crippen molar-refractivity contribution in [3.05, 3.63) is 516 Å². The zero-order valence-corrected chi connectivity index (χ0v) is 81.4. The molecule has 0 atom stereocenters. The smallest absolute Gasteiger partial charge is 0.238 e. The van der Waals surface area contributed by atoms with Gasteiger partial charge in [-0.25, -0.2) is 4.98 Å². The van der Waals surface area contributed by atoms with E-state index in [0.717, 1.165) is 88.4 Å². The van der Waals surface area contributed by atoms with Crippen molar-refractivity contribution in [1.29, 1.82) is 0 Å². The van der Waals surface area contributed by atoms with E-state index in [2.05, 4.69) is 458 Å². The molecule has 11 heterocycles. The number of furan rings is 2. The van der Waals surface area contributed by atoms with Crippen LogP contribution in [0.3, 0.4) is 0 Å². The lowest BCUT2D eigenvalue weighted by molar-refractivity contribution is 0.669. The first kappa shape index (κ1) is 85.5. The number of hydrogen-bond acceptors (Lipinski definition) is 7. The van der Waals surface area contributed by atoms with Gasteiger partial charge in [0.25, 0.3) is 0 Å². The third-order valence-corrected chi connectivity index (χ3v) is 31.5. The van der Waals surface area contributed by atoms with E-state index in [4.69, 9.17) is 23.8 Å². The van der Waals surface area contributed by atoms with Crippen molar-refractivity contribution >= 4 is 238 Å². The van der Waals surface area contributed by atoms with Crippen molar-refractivity contribution in [3.63, 3.8) is 0 Å². The molecule has 0 fully saturated rings. The number of fused-ring (bicyclic) bond motifs is 33. The van der Waals surface area contributed by atoms with Gasteiger partial charge in [-0.15, -0.1) is 22.7 Å². The van der Waals surface area contributed by atoms with E-state index in [-0.39, 0.29) is 0 Å². The van der Waals surface area contributed by atoms with E-state index >= 15 is 0 Å². The number of nitrogens with zero attached hydrogens (tertiary/aromatic N) is 9. The van der Waals surface area contributed by atoms with Gasteiger partial charge in [0.1, 0.15) is 22.3 Å². The fourth-order valence-corrected chi connectivity index (χ4v) is 25.1. The van der Waals surface area contributed by atoms with E-state index in [1.807, 2.05) is 108 Å². The summed E-state index contributed by atoms with van der Waals surface area (Å²) in [5.74, 6) is 1.86. The van der Waals surface area contributed by atoms with Crippen LogP contribution in [0.2, 0.25) is 0 Å². The number of thiophene rings is 2. The molecule has 0 radical (unpaired) electrons. The Labute approximate surface area is 855 Å². The van der Waals surface area contributed by atoms with Gasteiger partial charge in [-0.3, -0.25) is 4.57 Å². The first-order valence-electron chi connectivity index (χ1n) is 49.9. The normalized spacial score (nSPS) is 11.8. The van der Waals surface area contributed by atoms with Gasteiger partial charge in [-0.1, -0.05) is 358 Å². The van der Waals surface area contributed by atoms with Gasteiger partial charge in [0.2, 0.25) is 5.95 Å². The summed E-state index contributed by atoms with van der Waals surface area (Å²) in [7, 11) is 0. The maximum Gasteiger partial charge on any atom is 0.238 e. The van der Waals surface area contributed by atoms with Crippen LogP contribution in [0.15, 0.2) is 524 Å². The number of benzene rings is 22. The molecule has 0 aliphatic heterocycles. The highest BCUT2D eigenvalue weighted by molar-refractivity contribution is 7.27. The minimum atomic E-state index is 0.585. The Kier molecular flexibility index (Phi) is 20.4. The van der Waals surface area contributed by atoms with Crippen LogP contribution in [0.1, 0.15) is 0 Å². The van der Waals surface area contributed by atoms with Crippen molar-refractivity contribution in [2.24, 2.45) is 0 Å². The van der Waals surface area contributed by atoms with Crippen molar-refractivity contribution in [2.75, 3.05) is 0 Å². The zero-order chi connectivity index (χ0) is 97.4. The Bertz CT molecular complexity index is 10900. The number of hydrogen-bond donors (Lipinski definition) is 0. The summed E-state index contributed by atoms with van der Waals surface area (Å²) in [6.07, 6.45) is 0. The highest BCUT2D eigenvalue weighted by atomic mass is 32.1. The summed E-state index contributed by atoms with van der Waals surface area (Å²) >= 11 is 3.78. The van der Waals surface area contributed by atoms with Crippen molar-refractivity contribution < 1.29 is 8.83 Å². The van der Waals surface area contributed by atoms with Crippen molar-refractivity contribution in [1.82, 2.24) is 42.4 Å². The standard InChI is InChI=1S/C39H25N5.2C24H15NO.2C24H15NS/c1-4-14-26(15-5-1)37-40-38(27-16-6-2-7-17-27)42-39(41-37)44-34-23-13-11-21-30(34)32-25-24-31-29-20-10-12-22-33(29)43(35(31)36(32)44)28-18-8-3-9-19-28;1-2-8-16(9-3-1)25-21-12-6-4-10-17(21)19-15-24-20(14-22(19)25)18-11-5-7-13-23(18)26-24;1-2-8-16(9-3-1)25-21-12-6-4-10-17(21)19-14-20-18-11-5-7-13-23(18)26-24(20)15-22(19)25;1-2-8-16(9-3-1)25-20-12-6-4-11-19(20)23-21(25)15-14-18-17-10-5-7-13-22(17)26-24(18)23;1-2-8-16(9-3-1)25-20-12-6-4-10-17(20)18-14-15-22-23(24(18)25)19-11-5-7-13-21(19)26-22/h1-25H;4*1-15H. The number of aromatic nitrogens is 9. The average molecular weight is 1930 g/mol. The predicted octanol–water partition coefficient (Wildman–Crippen LogP) is 37.1. The van der Waals surface area contributed by atoms with Gasteiger partial charge in [0.05, 0.1) is 66.2 Å². The van der Waals surface area contributed by atoms with E-state index in [1.54, 1.807) is 0 Å². The van der Waals surface area contributed by atoms with Crippen LogP contribution in [0.4, 0.5) is 0 Å². The summed E-state index contributed by atoms with van der Waals surface area (Å²) in [5, 5.41) is 25.1. The molecule has 0 N–H and O–H groups in total. The molecule has 148 heavy (non-hydrogen) atoms. The molecular formula is C135H85N9O2S2. The van der Waals surface area contributed by atoms with Crippen LogP contribution in [-0.2, 0) is 0 Å². The molecule has 0 saturated carbocycles. The summed E-state index contributed by atoms with van der Waals surface area (Å²) in [4.78, 5) is 15.3. The Morgan fingerprint density at radius 1 is 0.162 bits per heavy atom. The summed E-state index contributed by atoms with van der Waals surface area (Å²) in [5.41, 5.74) is 25.8. The second-order valence-electron chi connectivity index (χ2n) is 37.5.